The monoisotopic (exact) mass is 468 g/mol. The van der Waals surface area contributed by atoms with Gasteiger partial charge in [0.05, 0.1) is 12.2 Å². The first-order valence-electron chi connectivity index (χ1n) is 9.29. The molecule has 1 N–H and O–H groups in total. The quantitative estimate of drug-likeness (QED) is 0.726. The van der Waals surface area contributed by atoms with E-state index in [1.165, 1.54) is 10.6 Å². The van der Waals surface area contributed by atoms with Crippen LogP contribution >= 0.6 is 15.9 Å². The highest BCUT2D eigenvalue weighted by Gasteiger charge is 2.34. The minimum absolute atomic E-state index is 0.0331. The van der Waals surface area contributed by atoms with Gasteiger partial charge in [-0.25, -0.2) is 13.4 Å². The number of carbonyl (C=O) groups is 1. The zero-order chi connectivity index (χ0) is 20.5. The van der Waals surface area contributed by atoms with E-state index in [1.54, 1.807) is 10.8 Å². The van der Waals surface area contributed by atoms with Crippen molar-refractivity contribution >= 4 is 37.5 Å². The number of amides is 1. The van der Waals surface area contributed by atoms with Gasteiger partial charge in [-0.05, 0) is 57.4 Å². The molecule has 2 aromatic rings. The van der Waals surface area contributed by atoms with Gasteiger partial charge in [0.15, 0.2) is 5.03 Å². The standard InChI is InChI=1S/C19H25BrN4O3S/c1-13(2)23-11-18(21-12-23)28(26,27)24-8-4-5-15(10-24)19(25)22-16-6-7-17(20)14(3)9-16/h6-7,9,11-13,15H,4-5,8,10H2,1-3H3,(H,22,25)/t15-/m0/s1. The Bertz CT molecular complexity index is 971. The van der Waals surface area contributed by atoms with Crippen molar-refractivity contribution < 1.29 is 13.2 Å². The Morgan fingerprint density at radius 2 is 2.11 bits per heavy atom. The molecular weight excluding hydrogens is 444 g/mol. The largest absolute Gasteiger partial charge is 0.334 e. The molecule has 9 heteroatoms. The molecule has 1 atom stereocenters. The van der Waals surface area contributed by atoms with Gasteiger partial charge in [0.2, 0.25) is 5.91 Å². The van der Waals surface area contributed by atoms with Gasteiger partial charge in [-0.15, -0.1) is 0 Å². The van der Waals surface area contributed by atoms with E-state index in [-0.39, 0.29) is 29.4 Å². The first kappa shape index (κ1) is 21.0. The van der Waals surface area contributed by atoms with E-state index in [9.17, 15) is 13.2 Å². The summed E-state index contributed by atoms with van der Waals surface area (Å²) in [6.45, 7) is 6.44. The number of hydrogen-bond donors (Lipinski definition) is 1. The van der Waals surface area contributed by atoms with Gasteiger partial charge in [0, 0.05) is 35.5 Å². The Kier molecular flexibility index (Phi) is 6.26. The van der Waals surface area contributed by atoms with Gasteiger partial charge in [-0.1, -0.05) is 15.9 Å². The van der Waals surface area contributed by atoms with Crippen LogP contribution in [0.25, 0.3) is 0 Å². The highest BCUT2D eigenvalue weighted by atomic mass is 79.9. The average molecular weight is 469 g/mol. The van der Waals surface area contributed by atoms with Crippen LogP contribution < -0.4 is 5.32 Å². The van der Waals surface area contributed by atoms with Crippen LogP contribution in [0, 0.1) is 12.8 Å². The first-order chi connectivity index (χ1) is 13.2. The van der Waals surface area contributed by atoms with Crippen molar-refractivity contribution in [2.24, 2.45) is 5.92 Å². The van der Waals surface area contributed by atoms with Crippen LogP contribution in [-0.4, -0.2) is 41.3 Å². The van der Waals surface area contributed by atoms with Gasteiger partial charge in [0.1, 0.15) is 0 Å². The number of imidazole rings is 1. The summed E-state index contributed by atoms with van der Waals surface area (Å²) in [7, 11) is -3.71. The number of anilines is 1. The fraction of sp³-hybridized carbons (Fsp3) is 0.474. The second-order valence-electron chi connectivity index (χ2n) is 7.41. The highest BCUT2D eigenvalue weighted by molar-refractivity contribution is 9.10. The molecule has 1 aliphatic heterocycles. The lowest BCUT2D eigenvalue weighted by Gasteiger charge is -2.30. The van der Waals surface area contributed by atoms with Crippen molar-refractivity contribution in [3.63, 3.8) is 0 Å². The molecule has 1 aromatic heterocycles. The van der Waals surface area contributed by atoms with Crippen LogP contribution in [-0.2, 0) is 14.8 Å². The average Bonchev–Trinajstić information content (AvgIpc) is 3.16. The molecular formula is C19H25BrN4O3S. The summed E-state index contributed by atoms with van der Waals surface area (Å²) < 4.78 is 30.0. The number of sulfonamides is 1. The fourth-order valence-corrected chi connectivity index (χ4v) is 4.90. The Balaban J connectivity index is 1.71. The van der Waals surface area contributed by atoms with Gasteiger partial charge in [-0.2, -0.15) is 4.31 Å². The van der Waals surface area contributed by atoms with Crippen molar-refractivity contribution in [2.75, 3.05) is 18.4 Å². The molecule has 0 radical (unpaired) electrons. The van der Waals surface area contributed by atoms with E-state index in [0.29, 0.717) is 25.1 Å². The second-order valence-corrected chi connectivity index (χ2v) is 10.1. The van der Waals surface area contributed by atoms with Gasteiger partial charge < -0.3 is 9.88 Å². The van der Waals surface area contributed by atoms with Crippen molar-refractivity contribution in [3.8, 4) is 0 Å². The summed E-state index contributed by atoms with van der Waals surface area (Å²) in [5.41, 5.74) is 1.73. The number of hydrogen-bond acceptors (Lipinski definition) is 4. The molecule has 1 amide bonds. The third-order valence-electron chi connectivity index (χ3n) is 4.96. The normalized spacial score (nSPS) is 18.4. The number of piperidine rings is 1. The zero-order valence-electron chi connectivity index (χ0n) is 16.2. The molecule has 0 aliphatic carbocycles. The van der Waals surface area contributed by atoms with Crippen LogP contribution in [0.15, 0.2) is 40.2 Å². The number of carbonyl (C=O) groups excluding carboxylic acids is 1. The van der Waals surface area contributed by atoms with E-state index in [2.05, 4.69) is 26.2 Å². The molecule has 1 aliphatic rings. The van der Waals surface area contributed by atoms with Crippen molar-refractivity contribution in [1.29, 1.82) is 0 Å². The summed E-state index contributed by atoms with van der Waals surface area (Å²) in [6, 6.07) is 5.72. The van der Waals surface area contributed by atoms with Gasteiger partial charge in [0.25, 0.3) is 10.0 Å². The summed E-state index contributed by atoms with van der Waals surface area (Å²) in [5, 5.41) is 2.94. The smallest absolute Gasteiger partial charge is 0.262 e. The molecule has 28 heavy (non-hydrogen) atoms. The maximum Gasteiger partial charge on any atom is 0.262 e. The predicted octanol–water partition coefficient (Wildman–Crippen LogP) is 3.57. The van der Waals surface area contributed by atoms with Crippen molar-refractivity contribution in [2.45, 2.75) is 44.7 Å². The molecule has 2 heterocycles. The third-order valence-corrected chi connectivity index (χ3v) is 7.60. The Hall–Kier alpha value is -1.71. The molecule has 1 aromatic carbocycles. The minimum Gasteiger partial charge on any atom is -0.334 e. The number of aromatic nitrogens is 2. The predicted molar refractivity (Wildman–Crippen MR) is 112 cm³/mol. The molecule has 1 saturated heterocycles. The van der Waals surface area contributed by atoms with Crippen molar-refractivity contribution in [1.82, 2.24) is 13.9 Å². The van der Waals surface area contributed by atoms with Crippen molar-refractivity contribution in [3.05, 3.63) is 40.8 Å². The van der Waals surface area contributed by atoms with E-state index < -0.39 is 10.0 Å². The van der Waals surface area contributed by atoms with Crippen LogP contribution in [0.3, 0.4) is 0 Å². The summed E-state index contributed by atoms with van der Waals surface area (Å²) >= 11 is 3.44. The lowest BCUT2D eigenvalue weighted by Crippen LogP contribution is -2.43. The Labute approximate surface area is 174 Å². The zero-order valence-corrected chi connectivity index (χ0v) is 18.6. The molecule has 7 nitrogen and oxygen atoms in total. The van der Waals surface area contributed by atoms with E-state index in [4.69, 9.17) is 0 Å². The van der Waals surface area contributed by atoms with Gasteiger partial charge in [-0.3, -0.25) is 4.79 Å². The molecule has 3 rings (SSSR count). The number of aryl methyl sites for hydroxylation is 1. The SMILES string of the molecule is Cc1cc(NC(=O)[C@H]2CCCN(S(=O)(=O)c3cn(C(C)C)cn3)C2)ccc1Br. The molecule has 1 fully saturated rings. The molecule has 0 saturated carbocycles. The minimum atomic E-state index is -3.71. The molecule has 0 unspecified atom stereocenters. The Morgan fingerprint density at radius 3 is 2.75 bits per heavy atom. The third kappa shape index (κ3) is 4.47. The molecule has 0 spiro atoms. The first-order valence-corrected chi connectivity index (χ1v) is 11.5. The van der Waals surface area contributed by atoms with E-state index >= 15 is 0 Å². The lowest BCUT2D eigenvalue weighted by atomic mass is 9.98. The number of nitrogens with one attached hydrogen (secondary N) is 1. The number of rotatable bonds is 5. The second kappa shape index (κ2) is 8.34. The van der Waals surface area contributed by atoms with E-state index in [1.807, 2.05) is 39.0 Å². The number of nitrogens with zero attached hydrogens (tertiary/aromatic N) is 3. The van der Waals surface area contributed by atoms with Crippen LogP contribution in [0.1, 0.15) is 38.3 Å². The summed E-state index contributed by atoms with van der Waals surface area (Å²) in [5.74, 6) is -0.547. The fourth-order valence-electron chi connectivity index (χ4n) is 3.21. The van der Waals surface area contributed by atoms with Crippen LogP contribution in [0.2, 0.25) is 0 Å². The van der Waals surface area contributed by atoms with E-state index in [0.717, 1.165) is 10.0 Å². The topological polar surface area (TPSA) is 84.3 Å². The van der Waals surface area contributed by atoms with Crippen LogP contribution in [0.4, 0.5) is 5.69 Å². The summed E-state index contributed by atoms with van der Waals surface area (Å²) in [4.78, 5) is 16.8. The number of benzene rings is 1. The summed E-state index contributed by atoms with van der Waals surface area (Å²) in [6.07, 6.45) is 4.38. The Morgan fingerprint density at radius 1 is 1.36 bits per heavy atom. The molecule has 0 bridgehead atoms. The highest BCUT2D eigenvalue weighted by Crippen LogP contribution is 2.25. The van der Waals surface area contributed by atoms with Crippen LogP contribution in [0.5, 0.6) is 0 Å². The maximum absolute atomic E-state index is 12.9. The maximum atomic E-state index is 12.9. The molecule has 152 valence electrons. The van der Waals surface area contributed by atoms with Gasteiger partial charge >= 0.3 is 0 Å². The number of halogens is 1. The lowest BCUT2D eigenvalue weighted by molar-refractivity contribution is -0.120.